The third kappa shape index (κ3) is 5.34. The topological polar surface area (TPSA) is 78.5 Å². The van der Waals surface area contributed by atoms with Crippen molar-refractivity contribution in [2.24, 2.45) is 5.92 Å². The Morgan fingerprint density at radius 2 is 2.08 bits per heavy atom. The Balaban J connectivity index is 1.87. The second kappa shape index (κ2) is 7.83. The van der Waals surface area contributed by atoms with Crippen molar-refractivity contribution in [3.63, 3.8) is 0 Å². The van der Waals surface area contributed by atoms with E-state index in [2.05, 4.69) is 10.6 Å². The zero-order chi connectivity index (χ0) is 19.5. The summed E-state index contributed by atoms with van der Waals surface area (Å²) in [7, 11) is -3.30. The molecule has 146 valence electrons. The Morgan fingerprint density at radius 3 is 2.65 bits per heavy atom. The molecule has 1 aliphatic rings. The molecule has 0 aromatic heterocycles. The van der Waals surface area contributed by atoms with Crippen LogP contribution in [0.4, 0.5) is 18.0 Å². The van der Waals surface area contributed by atoms with E-state index in [1.807, 2.05) is 0 Å². The summed E-state index contributed by atoms with van der Waals surface area (Å²) >= 11 is 0. The van der Waals surface area contributed by atoms with E-state index < -0.39 is 39.9 Å². The van der Waals surface area contributed by atoms with E-state index in [4.69, 9.17) is 0 Å². The van der Waals surface area contributed by atoms with Crippen LogP contribution in [0.15, 0.2) is 24.3 Å². The molecule has 1 aromatic carbocycles. The number of alkyl halides is 2. The number of piperidine rings is 1. The molecule has 6 nitrogen and oxygen atoms in total. The van der Waals surface area contributed by atoms with Crippen LogP contribution in [0, 0.1) is 11.7 Å². The number of benzene rings is 1. The Bertz CT molecular complexity index is 758. The molecule has 10 heteroatoms. The fourth-order valence-corrected chi connectivity index (χ4v) is 3.79. The van der Waals surface area contributed by atoms with E-state index >= 15 is 0 Å². The molecule has 2 rings (SSSR count). The van der Waals surface area contributed by atoms with Gasteiger partial charge in [0.05, 0.1) is 12.8 Å². The molecule has 0 bridgehead atoms. The maximum absolute atomic E-state index is 14.1. The van der Waals surface area contributed by atoms with Crippen LogP contribution in [0.2, 0.25) is 0 Å². The molecule has 2 unspecified atom stereocenters. The number of nitrogens with one attached hydrogen (secondary N) is 2. The SMILES string of the molecule is CC1CN(S(C)(=O)=O)CCC1NC(=O)NCC(F)(F)c1cccc(F)c1. The number of hydrogen-bond donors (Lipinski definition) is 2. The van der Waals surface area contributed by atoms with Gasteiger partial charge in [0, 0.05) is 24.7 Å². The normalized spacial score (nSPS) is 22.0. The average Bonchev–Trinajstić information content (AvgIpc) is 2.54. The summed E-state index contributed by atoms with van der Waals surface area (Å²) in [5.41, 5.74) is -0.521. The van der Waals surface area contributed by atoms with E-state index in [0.29, 0.717) is 6.42 Å². The standard InChI is InChI=1S/C16H22F3N3O3S/c1-11-9-22(26(2,24)25)7-6-14(11)21-15(23)20-10-16(18,19)12-4-3-5-13(17)8-12/h3-5,8,11,14H,6-7,9-10H2,1-2H3,(H2,20,21,23). The molecule has 2 N–H and O–H groups in total. The third-order valence-electron chi connectivity index (χ3n) is 4.37. The van der Waals surface area contributed by atoms with Gasteiger partial charge in [-0.25, -0.2) is 21.9 Å². The summed E-state index contributed by atoms with van der Waals surface area (Å²) in [6, 6.07) is 2.95. The number of carbonyl (C=O) groups excluding carboxylic acids is 1. The Hall–Kier alpha value is -1.81. The molecule has 1 saturated heterocycles. The van der Waals surface area contributed by atoms with Gasteiger partial charge in [0.25, 0.3) is 5.92 Å². The largest absolute Gasteiger partial charge is 0.335 e. The van der Waals surface area contributed by atoms with Crippen molar-refractivity contribution in [1.82, 2.24) is 14.9 Å². The highest BCUT2D eigenvalue weighted by Crippen LogP contribution is 2.27. The molecular formula is C16H22F3N3O3S. The lowest BCUT2D eigenvalue weighted by atomic mass is 9.95. The van der Waals surface area contributed by atoms with Gasteiger partial charge >= 0.3 is 6.03 Å². The second-order valence-corrected chi connectivity index (χ2v) is 8.52. The van der Waals surface area contributed by atoms with Crippen molar-refractivity contribution in [2.75, 3.05) is 25.9 Å². The number of halogens is 3. The van der Waals surface area contributed by atoms with Gasteiger partial charge in [0.15, 0.2) is 0 Å². The van der Waals surface area contributed by atoms with Gasteiger partial charge in [-0.3, -0.25) is 0 Å². The van der Waals surface area contributed by atoms with Gasteiger partial charge in [-0.15, -0.1) is 0 Å². The van der Waals surface area contributed by atoms with E-state index in [0.717, 1.165) is 24.5 Å². The number of sulfonamides is 1. The highest BCUT2D eigenvalue weighted by Gasteiger charge is 2.34. The molecule has 1 aliphatic heterocycles. The quantitative estimate of drug-likeness (QED) is 0.802. The molecule has 0 radical (unpaired) electrons. The van der Waals surface area contributed by atoms with Gasteiger partial charge in [-0.05, 0) is 24.5 Å². The molecular weight excluding hydrogens is 371 g/mol. The highest BCUT2D eigenvalue weighted by atomic mass is 32.2. The molecule has 2 atom stereocenters. The van der Waals surface area contributed by atoms with Crippen molar-refractivity contribution in [1.29, 1.82) is 0 Å². The lowest BCUT2D eigenvalue weighted by Crippen LogP contribution is -2.54. The van der Waals surface area contributed by atoms with Gasteiger partial charge in [-0.1, -0.05) is 19.1 Å². The smallest absolute Gasteiger partial charge is 0.315 e. The van der Waals surface area contributed by atoms with Crippen LogP contribution in [0.25, 0.3) is 0 Å². The molecule has 0 spiro atoms. The third-order valence-corrected chi connectivity index (χ3v) is 5.64. The van der Waals surface area contributed by atoms with E-state index in [9.17, 15) is 26.4 Å². The molecule has 2 amide bonds. The average molecular weight is 393 g/mol. The highest BCUT2D eigenvalue weighted by molar-refractivity contribution is 7.88. The van der Waals surface area contributed by atoms with E-state index in [1.165, 1.54) is 10.4 Å². The maximum Gasteiger partial charge on any atom is 0.315 e. The zero-order valence-corrected chi connectivity index (χ0v) is 15.3. The van der Waals surface area contributed by atoms with E-state index in [-0.39, 0.29) is 25.0 Å². The molecule has 1 aromatic rings. The number of urea groups is 1. The minimum Gasteiger partial charge on any atom is -0.335 e. The van der Waals surface area contributed by atoms with Gasteiger partial charge < -0.3 is 10.6 Å². The van der Waals surface area contributed by atoms with Crippen LogP contribution in [-0.2, 0) is 15.9 Å². The first kappa shape index (κ1) is 20.5. The van der Waals surface area contributed by atoms with Crippen LogP contribution in [0.1, 0.15) is 18.9 Å². The molecule has 1 heterocycles. The van der Waals surface area contributed by atoms with Gasteiger partial charge in [0.1, 0.15) is 5.82 Å². The lowest BCUT2D eigenvalue weighted by Gasteiger charge is -2.35. The monoisotopic (exact) mass is 393 g/mol. The number of nitrogens with zero attached hydrogens (tertiary/aromatic N) is 1. The van der Waals surface area contributed by atoms with Crippen molar-refractivity contribution >= 4 is 16.1 Å². The van der Waals surface area contributed by atoms with Gasteiger partial charge in [-0.2, -0.15) is 8.78 Å². The summed E-state index contributed by atoms with van der Waals surface area (Å²) in [5, 5.41) is 4.69. The van der Waals surface area contributed by atoms with E-state index in [1.54, 1.807) is 6.92 Å². The number of carbonyl (C=O) groups is 1. The predicted molar refractivity (Wildman–Crippen MR) is 90.8 cm³/mol. The van der Waals surface area contributed by atoms with Crippen LogP contribution < -0.4 is 10.6 Å². The van der Waals surface area contributed by atoms with Crippen molar-refractivity contribution in [2.45, 2.75) is 25.3 Å². The fraction of sp³-hybridized carbons (Fsp3) is 0.562. The van der Waals surface area contributed by atoms with Crippen molar-refractivity contribution < 1.29 is 26.4 Å². The first-order chi connectivity index (χ1) is 12.0. The van der Waals surface area contributed by atoms with Crippen LogP contribution in [0.5, 0.6) is 0 Å². The number of hydrogen-bond acceptors (Lipinski definition) is 3. The minimum atomic E-state index is -3.41. The second-order valence-electron chi connectivity index (χ2n) is 6.54. The Kier molecular flexibility index (Phi) is 6.17. The molecule has 26 heavy (non-hydrogen) atoms. The fourth-order valence-electron chi connectivity index (χ4n) is 2.85. The predicted octanol–water partition coefficient (Wildman–Crippen LogP) is 1.89. The molecule has 0 aliphatic carbocycles. The summed E-state index contributed by atoms with van der Waals surface area (Å²) in [5.74, 6) is -4.35. The van der Waals surface area contributed by atoms with Crippen molar-refractivity contribution in [3.8, 4) is 0 Å². The zero-order valence-electron chi connectivity index (χ0n) is 14.5. The lowest BCUT2D eigenvalue weighted by molar-refractivity contribution is -0.000957. The first-order valence-corrected chi connectivity index (χ1v) is 9.97. The first-order valence-electron chi connectivity index (χ1n) is 8.12. The summed E-state index contributed by atoms with van der Waals surface area (Å²) in [4.78, 5) is 11.9. The summed E-state index contributed by atoms with van der Waals surface area (Å²) in [6.07, 6.45) is 1.51. The minimum absolute atomic E-state index is 0.159. The number of amides is 2. The molecule has 1 fully saturated rings. The van der Waals surface area contributed by atoms with Crippen LogP contribution >= 0.6 is 0 Å². The summed E-state index contributed by atoms with van der Waals surface area (Å²) < 4.78 is 65.6. The number of rotatable bonds is 5. The Morgan fingerprint density at radius 1 is 1.38 bits per heavy atom. The Labute approximate surface area is 150 Å². The van der Waals surface area contributed by atoms with Crippen molar-refractivity contribution in [3.05, 3.63) is 35.6 Å². The van der Waals surface area contributed by atoms with Crippen LogP contribution in [-0.4, -0.2) is 50.7 Å². The molecule has 0 saturated carbocycles. The van der Waals surface area contributed by atoms with Gasteiger partial charge in [0.2, 0.25) is 10.0 Å². The maximum atomic E-state index is 14.1. The van der Waals surface area contributed by atoms with Crippen LogP contribution in [0.3, 0.4) is 0 Å². The summed E-state index contributed by atoms with van der Waals surface area (Å²) in [6.45, 7) is 1.32.